The van der Waals surface area contributed by atoms with Gasteiger partial charge in [0.1, 0.15) is 0 Å². The van der Waals surface area contributed by atoms with Crippen LogP contribution in [-0.2, 0) is 13.0 Å². The minimum absolute atomic E-state index is 0.762. The van der Waals surface area contributed by atoms with Gasteiger partial charge in [0.25, 0.3) is 0 Å². The number of thiocarbonyl (C=S) groups is 1. The minimum atomic E-state index is 0.762. The Hall–Kier alpha value is -1.03. The molecule has 96 valence electrons. The van der Waals surface area contributed by atoms with Crippen molar-refractivity contribution in [1.29, 1.82) is 0 Å². The Morgan fingerprint density at radius 2 is 1.89 bits per heavy atom. The molecule has 1 aliphatic heterocycles. The zero-order chi connectivity index (χ0) is 13.2. The SMILES string of the molecule is S=C(Cc1ccc(Cl)cc1)N1Cc2ccccc2S1. The van der Waals surface area contributed by atoms with Crippen molar-refractivity contribution in [1.82, 2.24) is 4.31 Å². The van der Waals surface area contributed by atoms with Gasteiger partial charge in [0.15, 0.2) is 0 Å². The molecule has 2 aromatic rings. The van der Waals surface area contributed by atoms with E-state index in [1.807, 2.05) is 24.3 Å². The lowest BCUT2D eigenvalue weighted by Crippen LogP contribution is -2.20. The van der Waals surface area contributed by atoms with Gasteiger partial charge in [0.2, 0.25) is 0 Å². The monoisotopic (exact) mass is 305 g/mol. The molecule has 0 amide bonds. The molecular weight excluding hydrogens is 294 g/mol. The van der Waals surface area contributed by atoms with Gasteiger partial charge in [-0.3, -0.25) is 0 Å². The molecule has 0 saturated carbocycles. The lowest BCUT2D eigenvalue weighted by molar-refractivity contribution is 0.691. The third-order valence-corrected chi connectivity index (χ3v) is 4.94. The Labute approximate surface area is 127 Å². The van der Waals surface area contributed by atoms with Crippen LogP contribution in [0.3, 0.4) is 0 Å². The summed E-state index contributed by atoms with van der Waals surface area (Å²) in [5.74, 6) is 0. The Kier molecular flexibility index (Phi) is 3.78. The Bertz CT molecular complexity index is 585. The molecule has 0 aliphatic carbocycles. The molecule has 1 heterocycles. The van der Waals surface area contributed by atoms with Crippen molar-refractivity contribution >= 4 is 40.8 Å². The fraction of sp³-hybridized carbons (Fsp3) is 0.133. The van der Waals surface area contributed by atoms with Crippen molar-refractivity contribution < 1.29 is 0 Å². The van der Waals surface area contributed by atoms with E-state index < -0.39 is 0 Å². The average Bonchev–Trinajstić information content (AvgIpc) is 2.85. The van der Waals surface area contributed by atoms with Crippen molar-refractivity contribution in [2.45, 2.75) is 17.9 Å². The van der Waals surface area contributed by atoms with Gasteiger partial charge < -0.3 is 4.31 Å². The van der Waals surface area contributed by atoms with E-state index in [2.05, 4.69) is 28.6 Å². The average molecular weight is 306 g/mol. The van der Waals surface area contributed by atoms with Crippen LogP contribution in [0.2, 0.25) is 5.02 Å². The van der Waals surface area contributed by atoms with E-state index >= 15 is 0 Å². The lowest BCUT2D eigenvalue weighted by Gasteiger charge is -2.16. The first-order chi connectivity index (χ1) is 9.22. The molecule has 1 nitrogen and oxygen atoms in total. The van der Waals surface area contributed by atoms with Crippen molar-refractivity contribution in [2.75, 3.05) is 0 Å². The maximum Gasteiger partial charge on any atom is 0.0928 e. The second kappa shape index (κ2) is 5.53. The smallest absolute Gasteiger partial charge is 0.0928 e. The molecule has 1 aliphatic rings. The van der Waals surface area contributed by atoms with Crippen molar-refractivity contribution in [3.8, 4) is 0 Å². The highest BCUT2D eigenvalue weighted by Crippen LogP contribution is 2.36. The maximum atomic E-state index is 5.89. The minimum Gasteiger partial charge on any atom is -0.301 e. The summed E-state index contributed by atoms with van der Waals surface area (Å²) in [5, 5.41) is 0.762. The quantitative estimate of drug-likeness (QED) is 0.583. The van der Waals surface area contributed by atoms with Gasteiger partial charge >= 0.3 is 0 Å². The van der Waals surface area contributed by atoms with Crippen molar-refractivity contribution in [3.63, 3.8) is 0 Å². The van der Waals surface area contributed by atoms with Crippen LogP contribution in [0.1, 0.15) is 11.1 Å². The summed E-state index contributed by atoms with van der Waals surface area (Å²) in [7, 11) is 0. The van der Waals surface area contributed by atoms with Crippen LogP contribution in [-0.4, -0.2) is 9.29 Å². The molecule has 0 bridgehead atoms. The predicted molar refractivity (Wildman–Crippen MR) is 85.6 cm³/mol. The van der Waals surface area contributed by atoms with Crippen LogP contribution in [0.15, 0.2) is 53.4 Å². The first-order valence-electron chi connectivity index (χ1n) is 6.03. The zero-order valence-electron chi connectivity index (χ0n) is 10.2. The standard InChI is InChI=1S/C15H12ClNS2/c16-13-7-5-11(6-8-13)9-15(18)17-10-12-3-1-2-4-14(12)19-17/h1-8H,9-10H2. The van der Waals surface area contributed by atoms with Gasteiger partial charge in [-0.05, 0) is 41.3 Å². The summed E-state index contributed by atoms with van der Waals surface area (Å²) in [6.07, 6.45) is 0.785. The van der Waals surface area contributed by atoms with Crippen LogP contribution < -0.4 is 0 Å². The second-order valence-electron chi connectivity index (χ2n) is 4.43. The molecule has 3 rings (SSSR count). The third-order valence-electron chi connectivity index (χ3n) is 3.04. The lowest BCUT2D eigenvalue weighted by atomic mass is 10.1. The molecule has 2 aromatic carbocycles. The number of fused-ring (bicyclic) bond motifs is 1. The summed E-state index contributed by atoms with van der Waals surface area (Å²) in [4.78, 5) is 2.27. The van der Waals surface area contributed by atoms with Gasteiger partial charge in [-0.2, -0.15) is 0 Å². The molecule has 0 unspecified atom stereocenters. The molecule has 0 spiro atoms. The summed E-state index contributed by atoms with van der Waals surface area (Å²) < 4.78 is 2.19. The molecular formula is C15H12ClNS2. The van der Waals surface area contributed by atoms with Gasteiger partial charge in [-0.25, -0.2) is 0 Å². The highest BCUT2D eigenvalue weighted by molar-refractivity contribution is 7.98. The molecule has 0 aromatic heterocycles. The van der Waals surface area contributed by atoms with E-state index in [0.717, 1.165) is 23.0 Å². The first kappa shape index (κ1) is 13.0. The fourth-order valence-corrected chi connectivity index (χ4v) is 3.50. The molecule has 0 radical (unpaired) electrons. The molecule has 19 heavy (non-hydrogen) atoms. The Morgan fingerprint density at radius 1 is 1.16 bits per heavy atom. The highest BCUT2D eigenvalue weighted by atomic mass is 35.5. The molecule has 0 saturated heterocycles. The number of nitrogens with zero attached hydrogens (tertiary/aromatic N) is 1. The van der Waals surface area contributed by atoms with Crippen molar-refractivity contribution in [3.05, 3.63) is 64.7 Å². The zero-order valence-corrected chi connectivity index (χ0v) is 12.6. The van der Waals surface area contributed by atoms with Crippen molar-refractivity contribution in [2.24, 2.45) is 0 Å². The summed E-state index contributed by atoms with van der Waals surface area (Å²) in [6, 6.07) is 16.3. The van der Waals surface area contributed by atoms with Crippen LogP contribution in [0.5, 0.6) is 0 Å². The van der Waals surface area contributed by atoms with E-state index in [0.29, 0.717) is 0 Å². The van der Waals surface area contributed by atoms with Gasteiger partial charge in [0, 0.05) is 16.3 Å². The fourth-order valence-electron chi connectivity index (χ4n) is 2.03. The molecule has 4 heteroatoms. The number of benzene rings is 2. The topological polar surface area (TPSA) is 3.24 Å². The number of hydrogen-bond donors (Lipinski definition) is 0. The Balaban J connectivity index is 1.68. The maximum absolute atomic E-state index is 5.89. The summed E-state index contributed by atoms with van der Waals surface area (Å²) in [5.41, 5.74) is 2.55. The normalized spacial score (nSPS) is 13.4. The molecule has 0 fully saturated rings. The third kappa shape index (κ3) is 2.94. The van der Waals surface area contributed by atoms with Gasteiger partial charge in [-0.15, -0.1) is 0 Å². The van der Waals surface area contributed by atoms with E-state index in [1.54, 1.807) is 11.9 Å². The highest BCUT2D eigenvalue weighted by Gasteiger charge is 2.21. The van der Waals surface area contributed by atoms with Gasteiger partial charge in [-0.1, -0.05) is 54.2 Å². The van der Waals surface area contributed by atoms with E-state index in [1.165, 1.54) is 16.0 Å². The van der Waals surface area contributed by atoms with E-state index in [-0.39, 0.29) is 0 Å². The van der Waals surface area contributed by atoms with Gasteiger partial charge in [0.05, 0.1) is 11.5 Å². The largest absolute Gasteiger partial charge is 0.301 e. The molecule has 0 N–H and O–H groups in total. The van der Waals surface area contributed by atoms with Crippen LogP contribution in [0.25, 0.3) is 0 Å². The van der Waals surface area contributed by atoms with E-state index in [4.69, 9.17) is 23.8 Å². The Morgan fingerprint density at radius 3 is 2.63 bits per heavy atom. The number of hydrogen-bond acceptors (Lipinski definition) is 2. The molecule has 0 atom stereocenters. The first-order valence-corrected chi connectivity index (χ1v) is 7.59. The second-order valence-corrected chi connectivity index (χ2v) is 6.40. The number of rotatable bonds is 2. The number of halogens is 1. The van der Waals surface area contributed by atoms with Crippen LogP contribution in [0, 0.1) is 0 Å². The van der Waals surface area contributed by atoms with E-state index in [9.17, 15) is 0 Å². The summed E-state index contributed by atoms with van der Waals surface area (Å²) >= 11 is 13.2. The van der Waals surface area contributed by atoms with Crippen LogP contribution in [0.4, 0.5) is 0 Å². The predicted octanol–water partition coefficient (Wildman–Crippen LogP) is 4.73. The summed E-state index contributed by atoms with van der Waals surface area (Å²) in [6.45, 7) is 0.896. The van der Waals surface area contributed by atoms with Crippen LogP contribution >= 0.6 is 35.8 Å².